The molecular weight excluding hydrogens is 237 g/mol. The number of hydrogen-bond acceptors (Lipinski definition) is 3. The predicted molar refractivity (Wildman–Crippen MR) is 60.3 cm³/mol. The number of pyridine rings is 1. The molecule has 1 aliphatic rings. The van der Waals surface area contributed by atoms with Crippen molar-refractivity contribution in [1.82, 2.24) is 4.98 Å². The van der Waals surface area contributed by atoms with Crippen molar-refractivity contribution in [2.45, 2.75) is 11.8 Å². The number of aromatic nitrogens is 1. The summed E-state index contributed by atoms with van der Waals surface area (Å²) in [5.74, 6) is -0.0380. The molecule has 0 aliphatic carbocycles. The zero-order valence-corrected chi connectivity index (χ0v) is 9.29. The molecule has 1 unspecified atom stereocenters. The molecule has 0 bridgehead atoms. The van der Waals surface area contributed by atoms with Crippen LogP contribution in [0.2, 0.25) is 5.15 Å². The maximum Gasteiger partial charge on any atom is 0.228 e. The number of carbonyl (C=O) groups excluding carboxylic acids is 1. The summed E-state index contributed by atoms with van der Waals surface area (Å²) < 4.78 is 0. The van der Waals surface area contributed by atoms with Crippen LogP contribution in [0.3, 0.4) is 0 Å². The fraction of sp³-hybridized carbons (Fsp3) is 0.333. The van der Waals surface area contributed by atoms with Crippen LogP contribution < -0.4 is 10.6 Å². The third-order valence-electron chi connectivity index (χ3n) is 2.29. The molecule has 1 fully saturated rings. The Balaban J connectivity index is 2.38. The average Bonchev–Trinajstić information content (AvgIpc) is 2.50. The quantitative estimate of drug-likeness (QED) is 0.605. The normalized spacial score (nSPS) is 21.1. The molecule has 6 heteroatoms. The Kier molecular flexibility index (Phi) is 2.71. The first-order valence-electron chi connectivity index (χ1n) is 4.44. The summed E-state index contributed by atoms with van der Waals surface area (Å²) in [7, 11) is 0. The van der Waals surface area contributed by atoms with Crippen LogP contribution in [0.5, 0.6) is 0 Å². The molecule has 1 amide bonds. The van der Waals surface area contributed by atoms with E-state index in [-0.39, 0.29) is 16.4 Å². The molecule has 1 aliphatic heterocycles. The summed E-state index contributed by atoms with van der Waals surface area (Å²) in [6, 6.07) is 1.66. The average molecular weight is 246 g/mol. The van der Waals surface area contributed by atoms with Crippen molar-refractivity contribution >= 4 is 40.5 Å². The van der Waals surface area contributed by atoms with Gasteiger partial charge in [0.25, 0.3) is 0 Å². The maximum absolute atomic E-state index is 11.6. The molecular formula is C9H9Cl2N3O. The summed E-state index contributed by atoms with van der Waals surface area (Å²) in [5.41, 5.74) is 6.64. The van der Waals surface area contributed by atoms with Gasteiger partial charge in [-0.05, 0) is 6.07 Å². The van der Waals surface area contributed by atoms with E-state index in [0.29, 0.717) is 24.3 Å². The smallest absolute Gasteiger partial charge is 0.228 e. The van der Waals surface area contributed by atoms with Gasteiger partial charge in [-0.1, -0.05) is 11.6 Å². The number of hydrogen-bond donors (Lipinski definition) is 1. The lowest BCUT2D eigenvalue weighted by molar-refractivity contribution is -0.117. The molecule has 2 heterocycles. The largest absolute Gasteiger partial charge is 0.395 e. The van der Waals surface area contributed by atoms with Crippen LogP contribution in [0.1, 0.15) is 6.42 Å². The number of rotatable bonds is 1. The first-order valence-corrected chi connectivity index (χ1v) is 5.25. The number of nitrogens with two attached hydrogens (primary N) is 1. The number of nitrogen functional groups attached to an aromatic ring is 1. The van der Waals surface area contributed by atoms with Crippen molar-refractivity contribution in [3.05, 3.63) is 17.4 Å². The second-order valence-electron chi connectivity index (χ2n) is 3.34. The Labute approximate surface area is 97.0 Å². The molecule has 80 valence electrons. The number of anilines is 2. The minimum atomic E-state index is -0.163. The number of halogens is 2. The van der Waals surface area contributed by atoms with Crippen molar-refractivity contribution in [3.63, 3.8) is 0 Å². The summed E-state index contributed by atoms with van der Waals surface area (Å²) >= 11 is 11.7. The lowest BCUT2D eigenvalue weighted by Gasteiger charge is -2.17. The van der Waals surface area contributed by atoms with Crippen LogP contribution in [-0.2, 0) is 4.79 Å². The fourth-order valence-corrected chi connectivity index (χ4v) is 1.99. The van der Waals surface area contributed by atoms with E-state index in [9.17, 15) is 4.79 Å². The molecule has 4 nitrogen and oxygen atoms in total. The fourth-order valence-electron chi connectivity index (χ4n) is 1.57. The van der Waals surface area contributed by atoms with E-state index in [4.69, 9.17) is 28.9 Å². The summed E-state index contributed by atoms with van der Waals surface area (Å²) in [6.45, 7) is 0.463. The van der Waals surface area contributed by atoms with Gasteiger partial charge in [0.1, 0.15) is 0 Å². The van der Waals surface area contributed by atoms with Crippen LogP contribution in [0.15, 0.2) is 12.3 Å². The molecule has 1 aromatic rings. The van der Waals surface area contributed by atoms with Crippen LogP contribution in [0.4, 0.5) is 11.4 Å². The Morgan fingerprint density at radius 1 is 1.60 bits per heavy atom. The van der Waals surface area contributed by atoms with Crippen molar-refractivity contribution in [2.24, 2.45) is 0 Å². The van der Waals surface area contributed by atoms with Gasteiger partial charge in [-0.25, -0.2) is 4.98 Å². The second kappa shape index (κ2) is 3.87. The predicted octanol–water partition coefficient (Wildman–Crippen LogP) is 1.66. The molecule has 1 saturated heterocycles. The van der Waals surface area contributed by atoms with Crippen LogP contribution >= 0.6 is 23.2 Å². The molecule has 1 atom stereocenters. The molecule has 0 saturated carbocycles. The van der Waals surface area contributed by atoms with Crippen LogP contribution in [0.25, 0.3) is 0 Å². The van der Waals surface area contributed by atoms with Crippen molar-refractivity contribution in [3.8, 4) is 0 Å². The van der Waals surface area contributed by atoms with Crippen LogP contribution in [-0.4, -0.2) is 22.8 Å². The van der Waals surface area contributed by atoms with E-state index in [1.165, 1.54) is 6.20 Å². The molecule has 15 heavy (non-hydrogen) atoms. The third-order valence-corrected chi connectivity index (χ3v) is 2.88. The third kappa shape index (κ3) is 1.87. The van der Waals surface area contributed by atoms with Crippen molar-refractivity contribution in [1.29, 1.82) is 0 Å². The monoisotopic (exact) mass is 245 g/mol. The number of carbonyl (C=O) groups is 1. The number of alkyl halides is 1. The first kappa shape index (κ1) is 10.5. The Bertz CT molecular complexity index is 410. The Hall–Kier alpha value is -1.00. The molecule has 0 spiro atoms. The molecule has 0 aromatic carbocycles. The number of nitrogens with zero attached hydrogens (tertiary/aromatic N) is 2. The number of amides is 1. The Morgan fingerprint density at radius 2 is 2.33 bits per heavy atom. The maximum atomic E-state index is 11.6. The van der Waals surface area contributed by atoms with E-state index in [1.807, 2.05) is 0 Å². The minimum absolute atomic E-state index is 0.0380. The topological polar surface area (TPSA) is 59.2 Å². The summed E-state index contributed by atoms with van der Waals surface area (Å²) in [4.78, 5) is 16.9. The lowest BCUT2D eigenvalue weighted by atomic mass is 10.3. The SMILES string of the molecule is Nc1c(N2CC(Cl)CC2=O)ccnc1Cl. The van der Waals surface area contributed by atoms with Crippen LogP contribution in [0, 0.1) is 0 Å². The van der Waals surface area contributed by atoms with E-state index >= 15 is 0 Å². The van der Waals surface area contributed by atoms with Crippen molar-refractivity contribution in [2.75, 3.05) is 17.2 Å². The van der Waals surface area contributed by atoms with Gasteiger partial charge in [0, 0.05) is 19.2 Å². The molecule has 0 radical (unpaired) electrons. The summed E-state index contributed by atoms with van der Waals surface area (Å²) in [5, 5.41) is 0.0437. The highest BCUT2D eigenvalue weighted by Crippen LogP contribution is 2.32. The van der Waals surface area contributed by atoms with Gasteiger partial charge >= 0.3 is 0 Å². The lowest BCUT2D eigenvalue weighted by Crippen LogP contribution is -2.25. The highest BCUT2D eigenvalue weighted by atomic mass is 35.5. The molecule has 1 aromatic heterocycles. The van der Waals surface area contributed by atoms with Gasteiger partial charge in [-0.3, -0.25) is 4.79 Å². The molecule has 2 rings (SSSR count). The standard InChI is InChI=1S/C9H9Cl2N3O/c10-5-3-7(15)14(4-5)6-1-2-13-9(11)8(6)12/h1-2,5H,3-4,12H2. The van der Waals surface area contributed by atoms with E-state index in [0.717, 1.165) is 0 Å². The van der Waals surface area contributed by atoms with E-state index in [2.05, 4.69) is 4.98 Å². The highest BCUT2D eigenvalue weighted by molar-refractivity contribution is 6.32. The van der Waals surface area contributed by atoms with Gasteiger partial charge < -0.3 is 10.6 Å². The summed E-state index contributed by atoms with van der Waals surface area (Å²) in [6.07, 6.45) is 1.85. The Morgan fingerprint density at radius 3 is 2.93 bits per heavy atom. The zero-order valence-electron chi connectivity index (χ0n) is 7.78. The van der Waals surface area contributed by atoms with E-state index < -0.39 is 0 Å². The second-order valence-corrected chi connectivity index (χ2v) is 4.32. The van der Waals surface area contributed by atoms with Gasteiger partial charge in [-0.15, -0.1) is 11.6 Å². The van der Waals surface area contributed by atoms with Gasteiger partial charge in [0.2, 0.25) is 5.91 Å². The van der Waals surface area contributed by atoms with Gasteiger partial charge in [-0.2, -0.15) is 0 Å². The minimum Gasteiger partial charge on any atom is -0.395 e. The van der Waals surface area contributed by atoms with Gasteiger partial charge in [0.15, 0.2) is 5.15 Å². The molecule has 2 N–H and O–H groups in total. The highest BCUT2D eigenvalue weighted by Gasteiger charge is 2.30. The van der Waals surface area contributed by atoms with E-state index in [1.54, 1.807) is 11.0 Å². The zero-order chi connectivity index (χ0) is 11.0. The van der Waals surface area contributed by atoms with Gasteiger partial charge in [0.05, 0.1) is 16.8 Å². The van der Waals surface area contributed by atoms with Crippen molar-refractivity contribution < 1.29 is 4.79 Å². The first-order chi connectivity index (χ1) is 7.09.